The van der Waals surface area contributed by atoms with E-state index in [9.17, 15) is 19.5 Å². The molecule has 1 aliphatic heterocycles. The van der Waals surface area contributed by atoms with Crippen molar-refractivity contribution in [3.8, 4) is 33.7 Å². The van der Waals surface area contributed by atoms with E-state index in [-0.39, 0.29) is 39.2 Å². The number of phenolic OH excluding ortho intramolecular Hbond substituents is 1. The predicted octanol–water partition coefficient (Wildman–Crippen LogP) is 5.65. The minimum atomic E-state index is -0.640. The molecule has 1 atom stereocenters. The first-order valence-corrected chi connectivity index (χ1v) is 16.1. The zero-order valence-electron chi connectivity index (χ0n) is 28.0. The highest BCUT2D eigenvalue weighted by Gasteiger charge is 2.32. The maximum atomic E-state index is 15.3. The molecule has 4 aromatic rings. The van der Waals surface area contributed by atoms with Gasteiger partial charge >= 0.3 is 11.8 Å². The molecule has 2 aromatic heterocycles. The first-order chi connectivity index (χ1) is 22.7. The van der Waals surface area contributed by atoms with E-state index in [0.29, 0.717) is 61.7 Å². The highest BCUT2D eigenvalue weighted by atomic mass is 35.5. The predicted molar refractivity (Wildman–Crippen MR) is 184 cm³/mol. The second kappa shape index (κ2) is 13.9. The van der Waals surface area contributed by atoms with Crippen molar-refractivity contribution in [1.29, 1.82) is 0 Å². The largest absolute Gasteiger partial charge is 0.507 e. The van der Waals surface area contributed by atoms with Crippen molar-refractivity contribution in [3.63, 3.8) is 0 Å². The van der Waals surface area contributed by atoms with E-state index in [0.717, 1.165) is 0 Å². The molecule has 1 aliphatic rings. The summed E-state index contributed by atoms with van der Waals surface area (Å²) in [7, 11) is 3.21. The topological polar surface area (TPSA) is 111 Å². The van der Waals surface area contributed by atoms with Crippen molar-refractivity contribution >= 4 is 23.4 Å². The molecule has 11 nitrogen and oxygen atoms in total. The Hall–Kier alpha value is -4.55. The summed E-state index contributed by atoms with van der Waals surface area (Å²) in [5.41, 5.74) is 0.887. The molecule has 3 heterocycles. The SMILES string of the molecule is COCCCn1cc(-c2cc(F)cc(-c3ccc(-n4ccn(C)c4=O)c(Cl)c3)c2O)cc(N2CCN(C(=O)OC(C)(C)C)[C@H](C)C2)c1=O. The summed E-state index contributed by atoms with van der Waals surface area (Å²) < 4.78 is 30.5. The average Bonchev–Trinajstić information content (AvgIpc) is 3.35. The highest BCUT2D eigenvalue weighted by Crippen LogP contribution is 2.41. The standard InChI is InChI=1S/C35H41ClFN5O6/c1-22-20-39(12-14-41(22)34(46)48-35(2,3)4)30-17-24(21-40(32(30)44)10-7-15-47-6)27-19-25(37)18-26(31(27)43)23-8-9-29(28(36)16-23)42-13-11-38(5)33(42)45/h8-9,11,13,16-19,21-22,43H,7,10,12,14-15,20H2,1-6H3/t22-/m1/s1. The molecular weight excluding hydrogens is 641 g/mol. The van der Waals surface area contributed by atoms with Crippen LogP contribution < -0.4 is 16.1 Å². The molecule has 1 amide bonds. The number of rotatable bonds is 8. The number of methoxy groups -OCH3 is 1. The zero-order valence-corrected chi connectivity index (χ0v) is 28.8. The van der Waals surface area contributed by atoms with Crippen LogP contribution in [0.15, 0.2) is 64.6 Å². The normalized spacial score (nSPS) is 15.2. The Morgan fingerprint density at radius 3 is 2.35 bits per heavy atom. The first kappa shape index (κ1) is 34.8. The first-order valence-electron chi connectivity index (χ1n) is 15.7. The van der Waals surface area contributed by atoms with Gasteiger partial charge in [-0.25, -0.2) is 14.0 Å². The van der Waals surface area contributed by atoms with Gasteiger partial charge in [0.25, 0.3) is 5.56 Å². The van der Waals surface area contributed by atoms with E-state index >= 15 is 4.39 Å². The molecule has 48 heavy (non-hydrogen) atoms. The number of anilines is 1. The number of halogens is 2. The fraction of sp³-hybridized carbons (Fsp3) is 0.400. The van der Waals surface area contributed by atoms with Gasteiger partial charge in [0.1, 0.15) is 22.9 Å². The van der Waals surface area contributed by atoms with E-state index in [1.807, 2.05) is 32.6 Å². The lowest BCUT2D eigenvalue weighted by Gasteiger charge is -2.41. The fourth-order valence-electron chi connectivity index (χ4n) is 5.86. The summed E-state index contributed by atoms with van der Waals surface area (Å²) in [6.45, 7) is 9.17. The number of pyridine rings is 1. The lowest BCUT2D eigenvalue weighted by Crippen LogP contribution is -2.56. The number of aryl methyl sites for hydroxylation is 2. The summed E-state index contributed by atoms with van der Waals surface area (Å²) in [5, 5.41) is 11.8. The Labute approximate surface area is 283 Å². The third-order valence-electron chi connectivity index (χ3n) is 8.26. The van der Waals surface area contributed by atoms with Gasteiger partial charge in [-0.1, -0.05) is 17.7 Å². The number of nitrogens with zero attached hydrogens (tertiary/aromatic N) is 5. The van der Waals surface area contributed by atoms with Crippen molar-refractivity contribution in [1.82, 2.24) is 18.6 Å². The number of aromatic nitrogens is 3. The molecular formula is C35H41ClFN5O6. The number of piperazine rings is 1. The molecule has 13 heteroatoms. The number of carbonyl (C=O) groups excluding carboxylic acids is 1. The molecule has 1 saturated heterocycles. The molecule has 1 fully saturated rings. The summed E-state index contributed by atoms with van der Waals surface area (Å²) in [6, 6.07) is 8.69. The number of aromatic hydroxyl groups is 1. The maximum absolute atomic E-state index is 15.3. The number of hydrogen-bond acceptors (Lipinski definition) is 7. The second-order valence-electron chi connectivity index (χ2n) is 13.0. The van der Waals surface area contributed by atoms with Crippen LogP contribution in [0.4, 0.5) is 14.9 Å². The lowest BCUT2D eigenvalue weighted by atomic mass is 9.97. The molecule has 1 N–H and O–H groups in total. The van der Waals surface area contributed by atoms with Crippen LogP contribution in [0.1, 0.15) is 34.1 Å². The minimum absolute atomic E-state index is 0.187. The number of carbonyl (C=O) groups is 1. The second-order valence-corrected chi connectivity index (χ2v) is 13.4. The molecule has 5 rings (SSSR count). The van der Waals surface area contributed by atoms with Crippen LogP contribution in [0.2, 0.25) is 5.02 Å². The molecule has 0 saturated carbocycles. The number of imidazole rings is 1. The third-order valence-corrected chi connectivity index (χ3v) is 8.56. The van der Waals surface area contributed by atoms with Crippen LogP contribution in [0.5, 0.6) is 5.75 Å². The Bertz CT molecular complexity index is 1940. The number of amides is 1. The number of benzene rings is 2. The third kappa shape index (κ3) is 7.29. The van der Waals surface area contributed by atoms with Gasteiger partial charge in [0.05, 0.1) is 10.7 Å². The van der Waals surface area contributed by atoms with E-state index in [1.165, 1.54) is 21.3 Å². The maximum Gasteiger partial charge on any atom is 0.410 e. The van der Waals surface area contributed by atoms with Gasteiger partial charge in [-0.05, 0) is 70.0 Å². The summed E-state index contributed by atoms with van der Waals surface area (Å²) >= 11 is 6.59. The van der Waals surface area contributed by atoms with Gasteiger partial charge in [-0.15, -0.1) is 0 Å². The monoisotopic (exact) mass is 681 g/mol. The van der Waals surface area contributed by atoms with Gasteiger partial charge in [0.2, 0.25) is 0 Å². The minimum Gasteiger partial charge on any atom is -0.507 e. The van der Waals surface area contributed by atoms with E-state index in [1.54, 1.807) is 66.5 Å². The fourth-order valence-corrected chi connectivity index (χ4v) is 6.14. The van der Waals surface area contributed by atoms with Crippen molar-refractivity contribution < 1.29 is 23.8 Å². The van der Waals surface area contributed by atoms with Gasteiger partial charge in [0, 0.05) is 88.3 Å². The van der Waals surface area contributed by atoms with Crippen LogP contribution >= 0.6 is 11.6 Å². The van der Waals surface area contributed by atoms with Crippen molar-refractivity contribution in [3.05, 3.63) is 86.7 Å². The van der Waals surface area contributed by atoms with Crippen molar-refractivity contribution in [2.75, 3.05) is 38.3 Å². The Morgan fingerprint density at radius 2 is 1.75 bits per heavy atom. The number of phenols is 1. The van der Waals surface area contributed by atoms with Crippen LogP contribution in [-0.2, 0) is 23.1 Å². The molecule has 0 aliphatic carbocycles. The van der Waals surface area contributed by atoms with Gasteiger partial charge in [0.15, 0.2) is 0 Å². The van der Waals surface area contributed by atoms with Gasteiger partial charge in [-0.3, -0.25) is 9.36 Å². The van der Waals surface area contributed by atoms with Crippen LogP contribution in [-0.4, -0.2) is 74.8 Å². The van der Waals surface area contributed by atoms with Gasteiger partial charge in [-0.2, -0.15) is 0 Å². The molecule has 0 unspecified atom stereocenters. The number of hydrogen-bond donors (Lipinski definition) is 1. The Balaban J connectivity index is 1.54. The van der Waals surface area contributed by atoms with E-state index in [2.05, 4.69) is 0 Å². The summed E-state index contributed by atoms with van der Waals surface area (Å²) in [4.78, 5) is 42.7. The van der Waals surface area contributed by atoms with Crippen LogP contribution in [0, 0.1) is 5.82 Å². The quantitative estimate of drug-likeness (QED) is 0.239. The average molecular weight is 682 g/mol. The molecule has 0 radical (unpaired) electrons. The molecule has 2 aromatic carbocycles. The molecule has 256 valence electrons. The molecule has 0 spiro atoms. The Kier molecular flexibility index (Phi) is 10.1. The van der Waals surface area contributed by atoms with Crippen LogP contribution in [0.3, 0.4) is 0 Å². The number of ether oxygens (including phenoxy) is 2. The lowest BCUT2D eigenvalue weighted by molar-refractivity contribution is 0.0159. The summed E-state index contributed by atoms with van der Waals surface area (Å²) in [6.07, 6.45) is 4.96. The highest BCUT2D eigenvalue weighted by molar-refractivity contribution is 6.32. The zero-order chi connectivity index (χ0) is 34.9. The van der Waals surface area contributed by atoms with E-state index < -0.39 is 17.5 Å². The Morgan fingerprint density at radius 1 is 1.04 bits per heavy atom. The van der Waals surface area contributed by atoms with Crippen molar-refractivity contribution in [2.24, 2.45) is 7.05 Å². The summed E-state index contributed by atoms with van der Waals surface area (Å²) in [5.74, 6) is -0.802. The van der Waals surface area contributed by atoms with Crippen molar-refractivity contribution in [2.45, 2.75) is 52.3 Å². The van der Waals surface area contributed by atoms with Crippen LogP contribution in [0.25, 0.3) is 27.9 Å². The van der Waals surface area contributed by atoms with Gasteiger partial charge < -0.3 is 33.5 Å². The van der Waals surface area contributed by atoms with E-state index in [4.69, 9.17) is 21.1 Å². The molecule has 0 bridgehead atoms. The smallest absolute Gasteiger partial charge is 0.410 e.